The molecule has 0 atom stereocenters. The number of hydrogen-bond donors (Lipinski definition) is 0. The van der Waals surface area contributed by atoms with Crippen molar-refractivity contribution >= 4 is 0 Å². The van der Waals surface area contributed by atoms with Crippen molar-refractivity contribution in [3.63, 3.8) is 0 Å². The maximum atomic E-state index is 6.06. The zero-order valence-electron chi connectivity index (χ0n) is 12.7. The zero-order valence-corrected chi connectivity index (χ0v) is 12.7. The van der Waals surface area contributed by atoms with Crippen LogP contribution in [0.5, 0.6) is 0 Å². The molecule has 2 nitrogen and oxygen atoms in total. The van der Waals surface area contributed by atoms with E-state index in [0.717, 1.165) is 5.56 Å². The van der Waals surface area contributed by atoms with Gasteiger partial charge in [0.05, 0.1) is 11.2 Å². The molecule has 2 heteroatoms. The summed E-state index contributed by atoms with van der Waals surface area (Å²) >= 11 is 0. The van der Waals surface area contributed by atoms with Crippen LogP contribution in [0, 0.1) is 6.92 Å². The van der Waals surface area contributed by atoms with Gasteiger partial charge in [-0.15, -0.1) is 0 Å². The molecule has 1 aromatic rings. The molecule has 1 aromatic carbocycles. The van der Waals surface area contributed by atoms with Gasteiger partial charge in [-0.1, -0.05) is 24.3 Å². The van der Waals surface area contributed by atoms with Crippen molar-refractivity contribution in [1.82, 2.24) is 0 Å². The van der Waals surface area contributed by atoms with Crippen LogP contribution in [0.2, 0.25) is 0 Å². The highest BCUT2D eigenvalue weighted by Gasteiger charge is 2.26. The Hall–Kier alpha value is -0.860. The zero-order chi connectivity index (χ0) is 14.0. The molecule has 18 heavy (non-hydrogen) atoms. The highest BCUT2D eigenvalue weighted by atomic mass is 16.7. The molecule has 0 spiro atoms. The topological polar surface area (TPSA) is 18.5 Å². The van der Waals surface area contributed by atoms with Crippen molar-refractivity contribution in [3.05, 3.63) is 35.4 Å². The lowest BCUT2D eigenvalue weighted by Crippen LogP contribution is -2.30. The summed E-state index contributed by atoms with van der Waals surface area (Å²) in [6, 6.07) is 8.20. The number of aryl methyl sites for hydroxylation is 1. The van der Waals surface area contributed by atoms with Gasteiger partial charge >= 0.3 is 0 Å². The number of benzene rings is 1. The summed E-state index contributed by atoms with van der Waals surface area (Å²) < 4.78 is 12.1. The van der Waals surface area contributed by atoms with Crippen molar-refractivity contribution in [3.8, 4) is 0 Å². The van der Waals surface area contributed by atoms with Gasteiger partial charge in [0.15, 0.2) is 6.29 Å². The summed E-state index contributed by atoms with van der Waals surface area (Å²) in [6.07, 6.45) is -0.328. The number of rotatable bonds is 3. The first-order chi connectivity index (χ1) is 8.08. The molecule has 102 valence electrons. The van der Waals surface area contributed by atoms with E-state index in [2.05, 4.69) is 19.1 Å². The van der Waals surface area contributed by atoms with Gasteiger partial charge in [-0.05, 0) is 54.0 Å². The Labute approximate surface area is 111 Å². The van der Waals surface area contributed by atoms with E-state index >= 15 is 0 Å². The van der Waals surface area contributed by atoms with E-state index < -0.39 is 0 Å². The van der Waals surface area contributed by atoms with Gasteiger partial charge in [-0.25, -0.2) is 0 Å². The Morgan fingerprint density at radius 2 is 1.28 bits per heavy atom. The third-order valence-electron chi connectivity index (χ3n) is 2.36. The highest BCUT2D eigenvalue weighted by Crippen LogP contribution is 2.31. The van der Waals surface area contributed by atoms with E-state index in [0.29, 0.717) is 0 Å². The van der Waals surface area contributed by atoms with Gasteiger partial charge in [0.2, 0.25) is 0 Å². The van der Waals surface area contributed by atoms with Crippen LogP contribution in [0.1, 0.15) is 59.0 Å². The summed E-state index contributed by atoms with van der Waals surface area (Å²) in [5, 5.41) is 0. The fourth-order valence-electron chi connectivity index (χ4n) is 1.64. The maximum Gasteiger partial charge on any atom is 0.185 e. The molecule has 0 aromatic heterocycles. The number of ether oxygens (including phenoxy) is 2. The van der Waals surface area contributed by atoms with Gasteiger partial charge < -0.3 is 9.47 Å². The summed E-state index contributed by atoms with van der Waals surface area (Å²) in [6.45, 7) is 14.4. The summed E-state index contributed by atoms with van der Waals surface area (Å²) in [7, 11) is 0. The van der Waals surface area contributed by atoms with Crippen molar-refractivity contribution in [2.45, 2.75) is 66.0 Å². The number of hydrogen-bond acceptors (Lipinski definition) is 2. The lowest BCUT2D eigenvalue weighted by Gasteiger charge is -2.33. The van der Waals surface area contributed by atoms with Crippen molar-refractivity contribution < 1.29 is 9.47 Å². The van der Waals surface area contributed by atoms with Crippen LogP contribution < -0.4 is 0 Å². The van der Waals surface area contributed by atoms with Gasteiger partial charge in [0, 0.05) is 5.56 Å². The first-order valence-electron chi connectivity index (χ1n) is 6.50. The van der Waals surface area contributed by atoms with E-state index in [1.807, 2.05) is 53.7 Å². The predicted molar refractivity (Wildman–Crippen MR) is 75.6 cm³/mol. The van der Waals surface area contributed by atoms with Crippen molar-refractivity contribution in [2.24, 2.45) is 0 Å². The Bertz CT molecular complexity index is 367. The van der Waals surface area contributed by atoms with Crippen LogP contribution >= 0.6 is 0 Å². The average molecular weight is 250 g/mol. The molecule has 0 aliphatic heterocycles. The minimum Gasteiger partial charge on any atom is -0.343 e. The molecular weight excluding hydrogens is 224 g/mol. The van der Waals surface area contributed by atoms with Crippen LogP contribution in [0.4, 0.5) is 0 Å². The van der Waals surface area contributed by atoms with Gasteiger partial charge in [0.1, 0.15) is 0 Å². The average Bonchev–Trinajstić information content (AvgIpc) is 2.12. The van der Waals surface area contributed by atoms with Gasteiger partial charge in [-0.2, -0.15) is 0 Å². The molecule has 0 fully saturated rings. The third-order valence-corrected chi connectivity index (χ3v) is 2.36. The normalized spacial score (nSPS) is 13.1. The molecule has 0 N–H and O–H groups in total. The maximum absolute atomic E-state index is 6.06. The standard InChI is InChI=1S/C16H26O2/c1-12-10-8-9-11-13(12)14(17-15(2,3)4)18-16(5,6)7/h8-11,14H,1-7H3. The molecule has 0 aliphatic carbocycles. The second kappa shape index (κ2) is 5.41. The molecular formula is C16H26O2. The Morgan fingerprint density at radius 1 is 0.833 bits per heavy atom. The smallest absolute Gasteiger partial charge is 0.185 e. The van der Waals surface area contributed by atoms with Crippen LogP contribution in [0.25, 0.3) is 0 Å². The minimum atomic E-state index is -0.328. The molecule has 0 heterocycles. The SMILES string of the molecule is Cc1ccccc1C(OC(C)(C)C)OC(C)(C)C. The summed E-state index contributed by atoms with van der Waals surface area (Å²) in [4.78, 5) is 0. The second-order valence-electron chi connectivity index (χ2n) is 6.65. The first kappa shape index (κ1) is 15.2. The molecule has 0 radical (unpaired) electrons. The molecule has 0 aliphatic rings. The monoisotopic (exact) mass is 250 g/mol. The Morgan fingerprint density at radius 3 is 1.67 bits per heavy atom. The van der Waals surface area contributed by atoms with E-state index in [1.54, 1.807) is 0 Å². The Balaban J connectivity index is 3.01. The summed E-state index contributed by atoms with van der Waals surface area (Å²) in [5.41, 5.74) is 1.81. The molecule has 0 unspecified atom stereocenters. The Kier molecular flexibility index (Phi) is 4.57. The van der Waals surface area contributed by atoms with Crippen molar-refractivity contribution in [1.29, 1.82) is 0 Å². The largest absolute Gasteiger partial charge is 0.343 e. The fourth-order valence-corrected chi connectivity index (χ4v) is 1.64. The van der Waals surface area contributed by atoms with E-state index in [4.69, 9.17) is 9.47 Å². The molecule has 0 amide bonds. The minimum absolute atomic E-state index is 0.238. The summed E-state index contributed by atoms with van der Waals surface area (Å²) in [5.74, 6) is 0. The third kappa shape index (κ3) is 5.19. The molecule has 1 rings (SSSR count). The molecule has 0 saturated carbocycles. The quantitative estimate of drug-likeness (QED) is 0.728. The van der Waals surface area contributed by atoms with Crippen LogP contribution in [-0.4, -0.2) is 11.2 Å². The van der Waals surface area contributed by atoms with Crippen LogP contribution in [-0.2, 0) is 9.47 Å². The second-order valence-corrected chi connectivity index (χ2v) is 6.65. The van der Waals surface area contributed by atoms with E-state index in [-0.39, 0.29) is 17.5 Å². The van der Waals surface area contributed by atoms with Gasteiger partial charge in [-0.3, -0.25) is 0 Å². The van der Waals surface area contributed by atoms with E-state index in [9.17, 15) is 0 Å². The van der Waals surface area contributed by atoms with Crippen LogP contribution in [0.15, 0.2) is 24.3 Å². The molecule has 0 saturated heterocycles. The predicted octanol–water partition coefficient (Wildman–Crippen LogP) is 4.62. The highest BCUT2D eigenvalue weighted by molar-refractivity contribution is 5.26. The fraction of sp³-hybridized carbons (Fsp3) is 0.625. The first-order valence-corrected chi connectivity index (χ1v) is 6.50. The lowest BCUT2D eigenvalue weighted by atomic mass is 10.1. The lowest BCUT2D eigenvalue weighted by molar-refractivity contribution is -0.239. The molecule has 0 bridgehead atoms. The van der Waals surface area contributed by atoms with E-state index in [1.165, 1.54) is 5.56 Å². The van der Waals surface area contributed by atoms with Gasteiger partial charge in [0.25, 0.3) is 0 Å². The van der Waals surface area contributed by atoms with Crippen molar-refractivity contribution in [2.75, 3.05) is 0 Å². The van der Waals surface area contributed by atoms with Crippen LogP contribution in [0.3, 0.4) is 0 Å².